The maximum Gasteiger partial charge on any atom is 0.490 e. The third-order valence-electron chi connectivity index (χ3n) is 5.14. The van der Waals surface area contributed by atoms with Crippen LogP contribution >= 0.6 is 0 Å². The Bertz CT molecular complexity index is 1180. The number of hydrogen-bond donors (Lipinski definition) is 1. The van der Waals surface area contributed by atoms with Crippen LogP contribution in [0.4, 0.5) is 22.0 Å². The quantitative estimate of drug-likeness (QED) is 0.579. The minimum atomic E-state index is -5.08. The van der Waals surface area contributed by atoms with E-state index in [-0.39, 0.29) is 24.8 Å². The second-order valence-corrected chi connectivity index (χ2v) is 7.56. The van der Waals surface area contributed by atoms with Gasteiger partial charge in [0.25, 0.3) is 0 Å². The number of benzene rings is 1. The number of carbonyl (C=O) groups is 2. The number of aromatic nitrogens is 2. The molecule has 1 atom stereocenters. The van der Waals surface area contributed by atoms with Crippen molar-refractivity contribution in [2.75, 3.05) is 13.1 Å². The SMILES string of the molecule is Cc1cc(-c2cnc3ccn(CC(=O)N4CC[C@@H](F)C4)c3c2)ccc1F.O=C(O)C(F)(F)F. The highest BCUT2D eigenvalue weighted by atomic mass is 19.4. The summed E-state index contributed by atoms with van der Waals surface area (Å²) in [7, 11) is 0. The third kappa shape index (κ3) is 5.85. The van der Waals surface area contributed by atoms with Gasteiger partial charge >= 0.3 is 12.1 Å². The van der Waals surface area contributed by atoms with Crippen molar-refractivity contribution in [1.82, 2.24) is 14.5 Å². The van der Waals surface area contributed by atoms with Crippen LogP contribution < -0.4 is 0 Å². The molecule has 6 nitrogen and oxygen atoms in total. The summed E-state index contributed by atoms with van der Waals surface area (Å²) in [5.41, 5.74) is 3.91. The summed E-state index contributed by atoms with van der Waals surface area (Å²) in [6.45, 7) is 2.53. The molecule has 33 heavy (non-hydrogen) atoms. The molecular weight excluding hydrogens is 449 g/mol. The van der Waals surface area contributed by atoms with Gasteiger partial charge in [-0.3, -0.25) is 9.78 Å². The van der Waals surface area contributed by atoms with Crippen LogP contribution in [0.15, 0.2) is 42.7 Å². The molecule has 1 saturated heterocycles. The van der Waals surface area contributed by atoms with Crippen molar-refractivity contribution in [2.45, 2.75) is 32.2 Å². The first-order valence-electron chi connectivity index (χ1n) is 9.89. The molecule has 0 bridgehead atoms. The number of fused-ring (bicyclic) bond motifs is 1. The molecule has 1 N–H and O–H groups in total. The van der Waals surface area contributed by atoms with E-state index in [0.717, 1.165) is 22.2 Å². The van der Waals surface area contributed by atoms with E-state index in [1.807, 2.05) is 22.9 Å². The van der Waals surface area contributed by atoms with Crippen molar-refractivity contribution in [1.29, 1.82) is 0 Å². The summed E-state index contributed by atoms with van der Waals surface area (Å²) < 4.78 is 60.4. The molecule has 176 valence electrons. The lowest BCUT2D eigenvalue weighted by molar-refractivity contribution is -0.192. The number of likely N-dealkylation sites (tertiary alicyclic amines) is 1. The van der Waals surface area contributed by atoms with Gasteiger partial charge in [0.2, 0.25) is 5.91 Å². The lowest BCUT2D eigenvalue weighted by Gasteiger charge is -2.16. The largest absolute Gasteiger partial charge is 0.490 e. The minimum Gasteiger partial charge on any atom is -0.475 e. The average Bonchev–Trinajstić information content (AvgIpc) is 3.36. The molecule has 2 aromatic heterocycles. The van der Waals surface area contributed by atoms with Gasteiger partial charge in [-0.15, -0.1) is 0 Å². The van der Waals surface area contributed by atoms with Crippen molar-refractivity contribution < 1.29 is 36.6 Å². The maximum absolute atomic E-state index is 13.5. The number of rotatable bonds is 3. The van der Waals surface area contributed by atoms with Crippen molar-refractivity contribution in [3.63, 3.8) is 0 Å². The number of alkyl halides is 4. The minimum absolute atomic E-state index is 0.0920. The van der Waals surface area contributed by atoms with E-state index < -0.39 is 18.3 Å². The monoisotopic (exact) mass is 469 g/mol. The topological polar surface area (TPSA) is 75.4 Å². The van der Waals surface area contributed by atoms with Crippen molar-refractivity contribution in [2.24, 2.45) is 0 Å². The standard InChI is InChI=1S/C20H19F2N3O.C2HF3O2/c1-13-8-14(2-3-17(13)22)15-9-19-18(23-10-15)5-7-24(19)12-20(26)25-6-4-16(21)11-25;3-2(4,5)1(6)7/h2-3,5,7-10,16H,4,6,11-12H2,1H3;(H,6,7)/t16-;/m1./s1. The fraction of sp³-hybridized carbons (Fsp3) is 0.318. The van der Waals surface area contributed by atoms with E-state index in [0.29, 0.717) is 18.5 Å². The number of pyridine rings is 1. The van der Waals surface area contributed by atoms with E-state index in [9.17, 15) is 26.7 Å². The third-order valence-corrected chi connectivity index (χ3v) is 5.14. The Labute approximate surface area is 185 Å². The number of carboxylic acid groups (broad SMARTS) is 1. The van der Waals surface area contributed by atoms with Gasteiger partial charge in [-0.1, -0.05) is 6.07 Å². The van der Waals surface area contributed by atoms with Gasteiger partial charge in [-0.05, 0) is 48.7 Å². The molecule has 1 aliphatic rings. The molecule has 1 fully saturated rings. The zero-order valence-corrected chi connectivity index (χ0v) is 17.4. The maximum atomic E-state index is 13.5. The highest BCUT2D eigenvalue weighted by Gasteiger charge is 2.38. The van der Waals surface area contributed by atoms with Crippen LogP contribution in [-0.2, 0) is 16.1 Å². The van der Waals surface area contributed by atoms with Gasteiger partial charge < -0.3 is 14.6 Å². The number of hydrogen-bond acceptors (Lipinski definition) is 3. The number of nitrogens with zero attached hydrogens (tertiary/aromatic N) is 3. The van der Waals surface area contributed by atoms with Crippen molar-refractivity contribution >= 4 is 22.9 Å². The Hall–Kier alpha value is -3.50. The van der Waals surface area contributed by atoms with E-state index in [2.05, 4.69) is 4.98 Å². The van der Waals surface area contributed by atoms with Crippen LogP contribution in [0.1, 0.15) is 12.0 Å². The van der Waals surface area contributed by atoms with Crippen LogP contribution in [0.3, 0.4) is 0 Å². The molecular formula is C22H20F5N3O3. The van der Waals surface area contributed by atoms with E-state index in [1.54, 1.807) is 30.2 Å². The molecule has 0 aliphatic carbocycles. The van der Waals surface area contributed by atoms with Gasteiger partial charge in [0.15, 0.2) is 0 Å². The van der Waals surface area contributed by atoms with Crippen LogP contribution in [-0.4, -0.2) is 56.9 Å². The molecule has 4 rings (SSSR count). The first-order valence-corrected chi connectivity index (χ1v) is 9.89. The van der Waals surface area contributed by atoms with Crippen molar-refractivity contribution in [3.8, 4) is 11.1 Å². The molecule has 1 aromatic carbocycles. The highest BCUT2D eigenvalue weighted by Crippen LogP contribution is 2.25. The number of aryl methyl sites for hydroxylation is 1. The van der Waals surface area contributed by atoms with Crippen LogP contribution in [0.2, 0.25) is 0 Å². The predicted octanol–water partition coefficient (Wildman–Crippen LogP) is 4.35. The Balaban J connectivity index is 0.000000383. The predicted molar refractivity (Wildman–Crippen MR) is 110 cm³/mol. The Morgan fingerprint density at radius 1 is 1.18 bits per heavy atom. The first kappa shape index (κ1) is 24.1. The lowest BCUT2D eigenvalue weighted by Crippen LogP contribution is -2.31. The Morgan fingerprint density at radius 3 is 2.45 bits per heavy atom. The van der Waals surface area contributed by atoms with Gasteiger partial charge in [-0.25, -0.2) is 13.6 Å². The van der Waals surface area contributed by atoms with Crippen LogP contribution in [0.25, 0.3) is 22.2 Å². The number of carboxylic acids is 1. The summed E-state index contributed by atoms with van der Waals surface area (Å²) in [6, 6.07) is 8.74. The summed E-state index contributed by atoms with van der Waals surface area (Å²) in [6.07, 6.45) is -2.03. The zero-order valence-electron chi connectivity index (χ0n) is 17.4. The fourth-order valence-electron chi connectivity index (χ4n) is 3.37. The molecule has 0 radical (unpaired) electrons. The van der Waals surface area contributed by atoms with E-state index in [1.165, 1.54) is 6.07 Å². The van der Waals surface area contributed by atoms with Crippen LogP contribution in [0.5, 0.6) is 0 Å². The number of amides is 1. The lowest BCUT2D eigenvalue weighted by atomic mass is 10.0. The number of halogens is 5. The van der Waals surface area contributed by atoms with Gasteiger partial charge in [-0.2, -0.15) is 13.2 Å². The molecule has 1 amide bonds. The molecule has 0 saturated carbocycles. The van der Waals surface area contributed by atoms with Gasteiger partial charge in [0, 0.05) is 24.5 Å². The average molecular weight is 469 g/mol. The molecule has 0 spiro atoms. The zero-order chi connectivity index (χ0) is 24.3. The molecule has 0 unspecified atom stereocenters. The summed E-state index contributed by atoms with van der Waals surface area (Å²) in [5, 5.41) is 7.12. The number of aliphatic carboxylic acids is 1. The summed E-state index contributed by atoms with van der Waals surface area (Å²) in [4.78, 5) is 27.3. The summed E-state index contributed by atoms with van der Waals surface area (Å²) >= 11 is 0. The molecule has 1 aliphatic heterocycles. The van der Waals surface area contributed by atoms with E-state index >= 15 is 0 Å². The van der Waals surface area contributed by atoms with Gasteiger partial charge in [0.05, 0.1) is 17.6 Å². The normalized spacial score (nSPS) is 15.9. The molecule has 11 heteroatoms. The Morgan fingerprint density at radius 2 is 1.88 bits per heavy atom. The van der Waals surface area contributed by atoms with Crippen molar-refractivity contribution in [3.05, 3.63) is 54.1 Å². The number of carbonyl (C=O) groups excluding carboxylic acids is 1. The summed E-state index contributed by atoms with van der Waals surface area (Å²) in [5.74, 6) is -3.09. The first-order chi connectivity index (χ1) is 15.5. The second kappa shape index (κ2) is 9.55. The fourth-order valence-corrected chi connectivity index (χ4v) is 3.37. The van der Waals surface area contributed by atoms with E-state index in [4.69, 9.17) is 9.90 Å². The van der Waals surface area contributed by atoms with Crippen LogP contribution in [0, 0.1) is 12.7 Å². The van der Waals surface area contributed by atoms with Gasteiger partial charge in [0.1, 0.15) is 18.5 Å². The molecule has 3 heterocycles. The molecule has 3 aromatic rings. The Kier molecular flexibility index (Phi) is 6.99. The second-order valence-electron chi connectivity index (χ2n) is 7.56. The smallest absolute Gasteiger partial charge is 0.475 e. The highest BCUT2D eigenvalue weighted by molar-refractivity contribution is 5.84.